The standard InChI is InChI=1S/C61H120N6O9/c1-50(62)41-33-29-27-25-23-21-19-17-15-14-16-18-20-22-24-26-28-30-35-43-52(68)64-45-37-32-31-34-42-51(49-67(56(72)76-60(11,12)13)48-40-39-47-66-55(71)75-59(8,9)10)61(63,53(69)73-57(2,3)4)44-36-38-46-65-54(70)74-58(5,6)7/h50-51H,14-49,62-63H2,1-13H3,(H,64,68)(H,65,70)(H,66,71). The lowest BCUT2D eigenvalue weighted by molar-refractivity contribution is -0.165. The van der Waals surface area contributed by atoms with Crippen LogP contribution in [-0.2, 0) is 28.5 Å². The summed E-state index contributed by atoms with van der Waals surface area (Å²) in [5.74, 6) is -0.940. The van der Waals surface area contributed by atoms with E-state index in [4.69, 9.17) is 30.4 Å². The Labute approximate surface area is 465 Å². The summed E-state index contributed by atoms with van der Waals surface area (Å²) >= 11 is 0. The molecule has 0 aromatic rings. The number of alkyl carbamates (subject to hydrolysis) is 2. The number of carbonyl (C=O) groups is 5. The molecule has 0 radical (unpaired) electrons. The maximum Gasteiger partial charge on any atom is 0.410 e. The van der Waals surface area contributed by atoms with E-state index < -0.39 is 58.1 Å². The van der Waals surface area contributed by atoms with Gasteiger partial charge in [-0.2, -0.15) is 0 Å². The fourth-order valence-corrected chi connectivity index (χ4v) is 9.13. The van der Waals surface area contributed by atoms with E-state index in [1.54, 1.807) is 46.4 Å². The zero-order valence-electron chi connectivity index (χ0n) is 51.4. The first-order valence-electron chi connectivity index (χ1n) is 30.5. The van der Waals surface area contributed by atoms with Gasteiger partial charge in [-0.05, 0) is 148 Å². The molecule has 15 nitrogen and oxygen atoms in total. The van der Waals surface area contributed by atoms with Gasteiger partial charge in [-0.3, -0.25) is 9.59 Å². The quantitative estimate of drug-likeness (QED) is 0.0220. The Hall–Kier alpha value is -3.33. The normalized spacial score (nSPS) is 13.8. The second kappa shape index (κ2) is 40.8. The average molecular weight is 1080 g/mol. The first kappa shape index (κ1) is 72.7. The molecule has 0 aliphatic heterocycles. The Morgan fingerprint density at radius 1 is 0.434 bits per heavy atom. The van der Waals surface area contributed by atoms with E-state index >= 15 is 0 Å². The molecule has 15 heteroatoms. The first-order valence-corrected chi connectivity index (χ1v) is 30.5. The van der Waals surface area contributed by atoms with Gasteiger partial charge in [-0.1, -0.05) is 135 Å². The zero-order valence-corrected chi connectivity index (χ0v) is 51.4. The predicted molar refractivity (Wildman–Crippen MR) is 312 cm³/mol. The van der Waals surface area contributed by atoms with Crippen LogP contribution in [0.4, 0.5) is 14.4 Å². The maximum atomic E-state index is 14.3. The van der Waals surface area contributed by atoms with Crippen molar-refractivity contribution in [3.05, 3.63) is 0 Å². The minimum Gasteiger partial charge on any atom is -0.459 e. The lowest BCUT2D eigenvalue weighted by Crippen LogP contribution is -2.59. The number of nitrogens with one attached hydrogen (secondary N) is 3. The van der Waals surface area contributed by atoms with Gasteiger partial charge in [0, 0.05) is 51.1 Å². The van der Waals surface area contributed by atoms with Gasteiger partial charge in [0.2, 0.25) is 5.91 Å². The fraction of sp³-hybridized carbons (Fsp3) is 0.918. The van der Waals surface area contributed by atoms with Gasteiger partial charge < -0.3 is 51.3 Å². The molecular formula is C61H120N6O9. The van der Waals surface area contributed by atoms with Crippen LogP contribution in [0.5, 0.6) is 0 Å². The third-order valence-corrected chi connectivity index (χ3v) is 13.2. The van der Waals surface area contributed by atoms with Crippen LogP contribution in [0.15, 0.2) is 0 Å². The summed E-state index contributed by atoms with van der Waals surface area (Å²) in [6.07, 6.45) is 31.3. The monoisotopic (exact) mass is 1080 g/mol. The smallest absolute Gasteiger partial charge is 0.410 e. The number of nitrogens with zero attached hydrogens (tertiary/aromatic N) is 1. The number of unbranched alkanes of at least 4 members (excludes halogenated alkanes) is 23. The van der Waals surface area contributed by atoms with Crippen molar-refractivity contribution in [3.63, 3.8) is 0 Å². The molecule has 0 saturated carbocycles. The summed E-state index contributed by atoms with van der Waals surface area (Å²) < 4.78 is 22.7. The van der Waals surface area contributed by atoms with Crippen LogP contribution in [0.25, 0.3) is 0 Å². The van der Waals surface area contributed by atoms with Crippen LogP contribution in [0.2, 0.25) is 0 Å². The summed E-state index contributed by atoms with van der Waals surface area (Å²) in [7, 11) is 0. The van der Waals surface area contributed by atoms with Gasteiger partial charge in [0.05, 0.1) is 0 Å². The molecule has 0 aromatic carbocycles. The van der Waals surface area contributed by atoms with E-state index in [0.29, 0.717) is 70.7 Å². The van der Waals surface area contributed by atoms with Crippen molar-refractivity contribution in [2.24, 2.45) is 17.4 Å². The molecule has 448 valence electrons. The topological polar surface area (TPSA) is 214 Å². The molecule has 0 aliphatic carbocycles. The van der Waals surface area contributed by atoms with E-state index in [-0.39, 0.29) is 18.9 Å². The second-order valence-corrected chi connectivity index (χ2v) is 26.0. The Kier molecular flexibility index (Phi) is 39.0. The molecule has 0 heterocycles. The lowest BCUT2D eigenvalue weighted by atomic mass is 9.77. The molecule has 4 amide bonds. The van der Waals surface area contributed by atoms with E-state index in [9.17, 15) is 24.0 Å². The fourth-order valence-electron chi connectivity index (χ4n) is 9.13. The third kappa shape index (κ3) is 44.6. The first-order chi connectivity index (χ1) is 35.5. The van der Waals surface area contributed by atoms with Crippen LogP contribution in [0, 0.1) is 5.92 Å². The number of rotatable bonds is 43. The molecule has 7 N–H and O–H groups in total. The Morgan fingerprint density at radius 3 is 1.21 bits per heavy atom. The number of nitrogens with two attached hydrogens (primary N) is 2. The van der Waals surface area contributed by atoms with Crippen LogP contribution < -0.4 is 27.4 Å². The summed E-state index contributed by atoms with van der Waals surface area (Å²) in [6, 6.07) is 0.351. The molecule has 0 rings (SSSR count). The third-order valence-electron chi connectivity index (χ3n) is 13.2. The molecule has 0 fully saturated rings. The van der Waals surface area contributed by atoms with Crippen molar-refractivity contribution in [1.82, 2.24) is 20.9 Å². The zero-order chi connectivity index (χ0) is 57.5. The van der Waals surface area contributed by atoms with Gasteiger partial charge in [-0.15, -0.1) is 0 Å². The Balaban J connectivity index is 5.21. The highest BCUT2D eigenvalue weighted by Crippen LogP contribution is 2.32. The Morgan fingerprint density at radius 2 is 0.789 bits per heavy atom. The van der Waals surface area contributed by atoms with Gasteiger partial charge in [0.15, 0.2) is 0 Å². The largest absolute Gasteiger partial charge is 0.459 e. The summed E-state index contributed by atoms with van der Waals surface area (Å²) in [5.41, 5.74) is 8.83. The highest BCUT2D eigenvalue weighted by atomic mass is 16.6. The highest BCUT2D eigenvalue weighted by Gasteiger charge is 2.45. The number of ether oxygens (including phenoxy) is 4. The van der Waals surface area contributed by atoms with Gasteiger partial charge >= 0.3 is 24.2 Å². The Bertz CT molecular complexity index is 1530. The molecule has 0 saturated heterocycles. The summed E-state index contributed by atoms with van der Waals surface area (Å²) in [6.45, 7) is 25.6. The van der Waals surface area contributed by atoms with Gasteiger partial charge in [0.1, 0.15) is 27.9 Å². The molecule has 0 aromatic heterocycles. The SMILES string of the molecule is CC(N)CCCCCCCCCCCCCCCCCCCCCC(=O)NCCCCCCC(CN(CCCCNC(=O)OC(C)(C)C)C(=O)OC(C)(C)C)C(N)(CCCCNC(=O)OC(C)(C)C)C(=O)OC(C)(C)C. The molecular weight excluding hydrogens is 961 g/mol. The van der Waals surface area contributed by atoms with Crippen molar-refractivity contribution in [1.29, 1.82) is 0 Å². The molecule has 0 spiro atoms. The number of hydrogen-bond acceptors (Lipinski definition) is 11. The number of esters is 1. The van der Waals surface area contributed by atoms with Crippen LogP contribution in [0.1, 0.15) is 289 Å². The van der Waals surface area contributed by atoms with E-state index in [1.165, 1.54) is 109 Å². The van der Waals surface area contributed by atoms with Gasteiger partial charge in [0.25, 0.3) is 0 Å². The highest BCUT2D eigenvalue weighted by molar-refractivity contribution is 5.81. The lowest BCUT2D eigenvalue weighted by Gasteiger charge is -2.40. The number of hydrogen-bond donors (Lipinski definition) is 5. The maximum absolute atomic E-state index is 14.3. The predicted octanol–water partition coefficient (Wildman–Crippen LogP) is 14.5. The summed E-state index contributed by atoms with van der Waals surface area (Å²) in [5, 5.41) is 8.70. The number of amides is 4. The van der Waals surface area contributed by atoms with E-state index in [1.807, 2.05) is 41.5 Å². The van der Waals surface area contributed by atoms with Crippen molar-refractivity contribution >= 4 is 30.2 Å². The summed E-state index contributed by atoms with van der Waals surface area (Å²) in [4.78, 5) is 67.2. The minimum atomic E-state index is -1.48. The molecule has 0 aliphatic rings. The number of carbonyl (C=O) groups excluding carboxylic acids is 5. The molecule has 76 heavy (non-hydrogen) atoms. The van der Waals surface area contributed by atoms with Crippen molar-refractivity contribution in [3.8, 4) is 0 Å². The van der Waals surface area contributed by atoms with Crippen LogP contribution in [0.3, 0.4) is 0 Å². The van der Waals surface area contributed by atoms with Crippen molar-refractivity contribution < 1.29 is 42.9 Å². The van der Waals surface area contributed by atoms with Gasteiger partial charge in [-0.25, -0.2) is 14.4 Å². The molecule has 0 bridgehead atoms. The van der Waals surface area contributed by atoms with Crippen LogP contribution in [-0.4, -0.2) is 102 Å². The average Bonchev–Trinajstić information content (AvgIpc) is 3.27. The minimum absolute atomic E-state index is 0.110. The molecule has 3 atom stereocenters. The van der Waals surface area contributed by atoms with Crippen molar-refractivity contribution in [2.45, 2.75) is 323 Å². The van der Waals surface area contributed by atoms with Crippen molar-refractivity contribution in [2.75, 3.05) is 32.7 Å². The van der Waals surface area contributed by atoms with Crippen LogP contribution >= 0.6 is 0 Å². The van der Waals surface area contributed by atoms with E-state index in [0.717, 1.165) is 44.9 Å². The molecule has 3 unspecified atom stereocenters. The van der Waals surface area contributed by atoms with E-state index in [2.05, 4.69) is 22.9 Å². The second-order valence-electron chi connectivity index (χ2n) is 26.0.